The molecular weight excluding hydrogens is 283 g/mol. The van der Waals surface area contributed by atoms with Crippen LogP contribution in [0.2, 0.25) is 0 Å². The molecule has 2 aliphatic rings. The van der Waals surface area contributed by atoms with Crippen LogP contribution < -0.4 is 4.74 Å². The maximum Gasteiger partial charge on any atom is 0.242 e. The van der Waals surface area contributed by atoms with Crippen molar-refractivity contribution in [2.75, 3.05) is 27.2 Å². The molecular formula is C17H23FN2O2. The van der Waals surface area contributed by atoms with Crippen LogP contribution in [-0.2, 0) is 11.3 Å². The second-order valence-corrected chi connectivity index (χ2v) is 6.34. The van der Waals surface area contributed by atoms with Gasteiger partial charge in [0.05, 0.1) is 7.11 Å². The SMILES string of the molecule is COc1ccc(F)c(CN2CCCC23CCCN(C)C3=O)c1. The highest BCUT2D eigenvalue weighted by Gasteiger charge is 2.49. The van der Waals surface area contributed by atoms with Gasteiger partial charge in [0.25, 0.3) is 0 Å². The number of carbonyl (C=O) groups is 1. The zero-order chi connectivity index (χ0) is 15.7. The Morgan fingerprint density at radius 3 is 2.73 bits per heavy atom. The lowest BCUT2D eigenvalue weighted by Crippen LogP contribution is -2.58. The predicted molar refractivity (Wildman–Crippen MR) is 82.2 cm³/mol. The highest BCUT2D eigenvalue weighted by molar-refractivity contribution is 5.87. The van der Waals surface area contributed by atoms with E-state index < -0.39 is 5.54 Å². The van der Waals surface area contributed by atoms with E-state index in [9.17, 15) is 9.18 Å². The second kappa shape index (κ2) is 5.88. The topological polar surface area (TPSA) is 32.8 Å². The molecule has 1 atom stereocenters. The van der Waals surface area contributed by atoms with Crippen LogP contribution in [-0.4, -0.2) is 48.5 Å². The molecule has 1 spiro atoms. The smallest absolute Gasteiger partial charge is 0.242 e. The Balaban J connectivity index is 1.86. The molecule has 1 unspecified atom stereocenters. The van der Waals surface area contributed by atoms with Gasteiger partial charge in [0.1, 0.15) is 17.1 Å². The van der Waals surface area contributed by atoms with Gasteiger partial charge in [-0.1, -0.05) is 0 Å². The van der Waals surface area contributed by atoms with Gasteiger partial charge in [-0.05, 0) is 50.4 Å². The van der Waals surface area contributed by atoms with Gasteiger partial charge in [0, 0.05) is 25.7 Å². The number of rotatable bonds is 3. The van der Waals surface area contributed by atoms with Crippen LogP contribution in [0.1, 0.15) is 31.2 Å². The summed E-state index contributed by atoms with van der Waals surface area (Å²) >= 11 is 0. The van der Waals surface area contributed by atoms with E-state index in [2.05, 4.69) is 4.90 Å². The number of piperidine rings is 1. The first-order valence-corrected chi connectivity index (χ1v) is 7.90. The Morgan fingerprint density at radius 2 is 2.00 bits per heavy atom. The number of hydrogen-bond donors (Lipinski definition) is 0. The summed E-state index contributed by atoms with van der Waals surface area (Å²) in [5.74, 6) is 0.607. The van der Waals surface area contributed by atoms with Gasteiger partial charge in [0.2, 0.25) is 5.91 Å². The monoisotopic (exact) mass is 306 g/mol. The van der Waals surface area contributed by atoms with Crippen LogP contribution in [0.15, 0.2) is 18.2 Å². The summed E-state index contributed by atoms with van der Waals surface area (Å²) in [6.45, 7) is 2.13. The first kappa shape index (κ1) is 15.3. The molecule has 3 rings (SSSR count). The number of carbonyl (C=O) groups excluding carboxylic acids is 1. The Morgan fingerprint density at radius 1 is 1.27 bits per heavy atom. The third-order valence-corrected chi connectivity index (χ3v) is 5.07. The van der Waals surface area contributed by atoms with Gasteiger partial charge in [-0.2, -0.15) is 0 Å². The molecule has 0 saturated carbocycles. The van der Waals surface area contributed by atoms with Crippen molar-refractivity contribution in [2.45, 2.75) is 37.8 Å². The third-order valence-electron chi connectivity index (χ3n) is 5.07. The molecule has 0 radical (unpaired) electrons. The van der Waals surface area contributed by atoms with E-state index in [4.69, 9.17) is 4.74 Å². The van der Waals surface area contributed by atoms with Crippen molar-refractivity contribution in [1.82, 2.24) is 9.80 Å². The first-order valence-electron chi connectivity index (χ1n) is 7.90. The number of methoxy groups -OCH3 is 1. The second-order valence-electron chi connectivity index (χ2n) is 6.34. The predicted octanol–water partition coefficient (Wildman–Crippen LogP) is 2.42. The normalized spacial score (nSPS) is 26.0. The molecule has 2 saturated heterocycles. The molecule has 5 heteroatoms. The van der Waals surface area contributed by atoms with Gasteiger partial charge in [-0.15, -0.1) is 0 Å². The molecule has 0 bridgehead atoms. The Bertz CT molecular complexity index is 578. The van der Waals surface area contributed by atoms with E-state index in [1.54, 1.807) is 19.2 Å². The maximum absolute atomic E-state index is 14.1. The summed E-state index contributed by atoms with van der Waals surface area (Å²) in [4.78, 5) is 16.7. The van der Waals surface area contributed by atoms with Gasteiger partial charge < -0.3 is 9.64 Å². The fourth-order valence-electron chi connectivity index (χ4n) is 3.87. The molecule has 1 amide bonds. The molecule has 2 aliphatic heterocycles. The molecule has 2 heterocycles. The first-order chi connectivity index (χ1) is 10.6. The lowest BCUT2D eigenvalue weighted by atomic mass is 9.85. The van der Waals surface area contributed by atoms with Crippen molar-refractivity contribution in [3.63, 3.8) is 0 Å². The average molecular weight is 306 g/mol. The van der Waals surface area contributed by atoms with Crippen LogP contribution in [0.3, 0.4) is 0 Å². The Hall–Kier alpha value is -1.62. The van der Waals surface area contributed by atoms with Gasteiger partial charge in [0.15, 0.2) is 0 Å². The fourth-order valence-corrected chi connectivity index (χ4v) is 3.87. The molecule has 0 N–H and O–H groups in total. The highest BCUT2D eigenvalue weighted by atomic mass is 19.1. The summed E-state index contributed by atoms with van der Waals surface area (Å²) in [5, 5.41) is 0. The zero-order valence-electron chi connectivity index (χ0n) is 13.3. The van der Waals surface area contributed by atoms with Crippen molar-refractivity contribution in [3.8, 4) is 5.75 Å². The lowest BCUT2D eigenvalue weighted by Gasteiger charge is -2.43. The molecule has 4 nitrogen and oxygen atoms in total. The molecule has 120 valence electrons. The van der Waals surface area contributed by atoms with E-state index in [1.165, 1.54) is 6.07 Å². The Kier molecular flexibility index (Phi) is 4.08. The number of amides is 1. The number of halogens is 1. The molecule has 0 aromatic heterocycles. The third kappa shape index (κ3) is 2.47. The number of nitrogens with zero attached hydrogens (tertiary/aromatic N) is 2. The van der Waals surface area contributed by atoms with Crippen molar-refractivity contribution < 1.29 is 13.9 Å². The van der Waals surface area contributed by atoms with Crippen LogP contribution in [0.5, 0.6) is 5.75 Å². The van der Waals surface area contributed by atoms with E-state index in [0.717, 1.165) is 38.8 Å². The minimum atomic E-state index is -0.428. The standard InChI is InChI=1S/C17H23FN2O2/c1-19-9-3-7-17(16(19)21)8-4-10-20(17)12-13-11-14(22-2)5-6-15(13)18/h5-6,11H,3-4,7-10,12H2,1-2H3. The summed E-state index contributed by atoms with van der Waals surface area (Å²) < 4.78 is 19.3. The number of ether oxygens (including phenoxy) is 1. The summed E-state index contributed by atoms with van der Waals surface area (Å²) in [5.41, 5.74) is 0.171. The van der Waals surface area contributed by atoms with Gasteiger partial charge in [-0.3, -0.25) is 9.69 Å². The number of hydrogen-bond acceptors (Lipinski definition) is 3. The van der Waals surface area contributed by atoms with Crippen molar-refractivity contribution >= 4 is 5.91 Å². The molecule has 22 heavy (non-hydrogen) atoms. The number of likely N-dealkylation sites (N-methyl/N-ethyl adjacent to an activating group) is 1. The van der Waals surface area contributed by atoms with E-state index in [0.29, 0.717) is 17.9 Å². The van der Waals surface area contributed by atoms with Crippen molar-refractivity contribution in [1.29, 1.82) is 0 Å². The van der Waals surface area contributed by atoms with E-state index in [1.807, 2.05) is 11.9 Å². The van der Waals surface area contributed by atoms with Crippen LogP contribution in [0.25, 0.3) is 0 Å². The molecule has 2 fully saturated rings. The van der Waals surface area contributed by atoms with E-state index >= 15 is 0 Å². The van der Waals surface area contributed by atoms with Crippen molar-refractivity contribution in [3.05, 3.63) is 29.6 Å². The van der Waals surface area contributed by atoms with Gasteiger partial charge >= 0.3 is 0 Å². The largest absolute Gasteiger partial charge is 0.497 e. The molecule has 1 aromatic carbocycles. The average Bonchev–Trinajstić information content (AvgIpc) is 2.90. The van der Waals surface area contributed by atoms with Crippen LogP contribution in [0, 0.1) is 5.82 Å². The van der Waals surface area contributed by atoms with Crippen molar-refractivity contribution in [2.24, 2.45) is 0 Å². The number of benzene rings is 1. The lowest BCUT2D eigenvalue weighted by molar-refractivity contribution is -0.146. The maximum atomic E-state index is 14.1. The highest BCUT2D eigenvalue weighted by Crippen LogP contribution is 2.39. The van der Waals surface area contributed by atoms with E-state index in [-0.39, 0.29) is 11.7 Å². The zero-order valence-corrected chi connectivity index (χ0v) is 13.3. The summed E-state index contributed by atoms with van der Waals surface area (Å²) in [6, 6.07) is 4.79. The molecule has 1 aromatic rings. The minimum Gasteiger partial charge on any atom is -0.497 e. The Labute approximate surface area is 130 Å². The fraction of sp³-hybridized carbons (Fsp3) is 0.588. The quantitative estimate of drug-likeness (QED) is 0.860. The van der Waals surface area contributed by atoms with Crippen LogP contribution >= 0.6 is 0 Å². The number of likely N-dealkylation sites (tertiary alicyclic amines) is 2. The summed E-state index contributed by atoms with van der Waals surface area (Å²) in [7, 11) is 3.44. The minimum absolute atomic E-state index is 0.194. The summed E-state index contributed by atoms with van der Waals surface area (Å²) in [6.07, 6.45) is 3.76. The molecule has 0 aliphatic carbocycles. The van der Waals surface area contributed by atoms with Gasteiger partial charge in [-0.25, -0.2) is 4.39 Å². The van der Waals surface area contributed by atoms with Crippen LogP contribution in [0.4, 0.5) is 4.39 Å².